The molecule has 21 heavy (non-hydrogen) atoms. The van der Waals surface area contributed by atoms with Gasteiger partial charge in [0, 0.05) is 31.8 Å². The lowest BCUT2D eigenvalue weighted by Crippen LogP contribution is -2.49. The van der Waals surface area contributed by atoms with Crippen molar-refractivity contribution in [3.63, 3.8) is 0 Å². The van der Waals surface area contributed by atoms with Crippen LogP contribution in [-0.2, 0) is 4.74 Å². The fourth-order valence-electron chi connectivity index (χ4n) is 4.17. The number of hydrogen-bond donors (Lipinski definition) is 1. The van der Waals surface area contributed by atoms with Gasteiger partial charge in [-0.2, -0.15) is 0 Å². The van der Waals surface area contributed by atoms with Crippen LogP contribution in [0.4, 0.5) is 0 Å². The highest BCUT2D eigenvalue weighted by Crippen LogP contribution is 2.39. The Hall–Kier alpha value is -0.120. The summed E-state index contributed by atoms with van der Waals surface area (Å²) in [5.41, 5.74) is 0.519. The van der Waals surface area contributed by atoms with Gasteiger partial charge in [-0.1, -0.05) is 20.8 Å². The molecule has 1 N–H and O–H groups in total. The number of rotatable bonds is 6. The van der Waals surface area contributed by atoms with Crippen molar-refractivity contribution in [1.29, 1.82) is 0 Å². The van der Waals surface area contributed by atoms with E-state index in [0.717, 1.165) is 31.2 Å². The molecule has 2 aliphatic rings. The number of ether oxygens (including phenoxy) is 1. The van der Waals surface area contributed by atoms with Crippen LogP contribution in [0.25, 0.3) is 0 Å². The number of nitrogens with one attached hydrogen (secondary N) is 1. The fourth-order valence-corrected chi connectivity index (χ4v) is 4.17. The third-order valence-electron chi connectivity index (χ3n) is 5.51. The summed E-state index contributed by atoms with van der Waals surface area (Å²) in [4.78, 5) is 2.62. The summed E-state index contributed by atoms with van der Waals surface area (Å²) in [6.07, 6.45) is 7.73. The van der Waals surface area contributed by atoms with E-state index in [0.29, 0.717) is 5.41 Å². The molecule has 124 valence electrons. The average Bonchev–Trinajstić information content (AvgIpc) is 2.47. The summed E-state index contributed by atoms with van der Waals surface area (Å²) in [5.74, 6) is 0.799. The van der Waals surface area contributed by atoms with Crippen LogP contribution in [-0.4, -0.2) is 50.3 Å². The van der Waals surface area contributed by atoms with E-state index in [-0.39, 0.29) is 0 Å². The van der Waals surface area contributed by atoms with E-state index in [9.17, 15) is 0 Å². The normalized spacial score (nSPS) is 30.7. The summed E-state index contributed by atoms with van der Waals surface area (Å²) in [6, 6.07) is 1.45. The van der Waals surface area contributed by atoms with Crippen LogP contribution in [0.3, 0.4) is 0 Å². The lowest BCUT2D eigenvalue weighted by Gasteiger charge is -2.44. The fraction of sp³-hybridized carbons (Fsp3) is 1.00. The van der Waals surface area contributed by atoms with Crippen molar-refractivity contribution in [3.8, 4) is 0 Å². The van der Waals surface area contributed by atoms with Crippen LogP contribution in [0.15, 0.2) is 0 Å². The molecule has 0 amide bonds. The van der Waals surface area contributed by atoms with E-state index >= 15 is 0 Å². The number of hydrogen-bond acceptors (Lipinski definition) is 3. The topological polar surface area (TPSA) is 24.5 Å². The molecular weight excluding hydrogens is 260 g/mol. The summed E-state index contributed by atoms with van der Waals surface area (Å²) in [7, 11) is 2.33. The van der Waals surface area contributed by atoms with Crippen LogP contribution in [0, 0.1) is 11.3 Å². The van der Waals surface area contributed by atoms with Gasteiger partial charge in [-0.25, -0.2) is 0 Å². The monoisotopic (exact) mass is 296 g/mol. The molecule has 0 aromatic heterocycles. The highest BCUT2D eigenvalue weighted by atomic mass is 16.5. The highest BCUT2D eigenvalue weighted by molar-refractivity contribution is 4.91. The maximum Gasteiger partial charge on any atom is 0.0480 e. The largest absolute Gasteiger partial charge is 0.381 e. The first-order chi connectivity index (χ1) is 10.0. The standard InChI is InChI=1S/C18H36N2O/c1-5-10-19-17-6-9-18(2,3)13-15(17)14-20(4)16-7-11-21-12-8-16/h15-17,19H,5-14H2,1-4H3. The lowest BCUT2D eigenvalue weighted by atomic mass is 9.69. The maximum atomic E-state index is 5.51. The molecule has 1 saturated carbocycles. The minimum absolute atomic E-state index is 0.519. The Kier molecular flexibility index (Phi) is 6.51. The average molecular weight is 296 g/mol. The first-order valence-corrected chi connectivity index (χ1v) is 9.03. The zero-order valence-electron chi connectivity index (χ0n) is 14.7. The smallest absolute Gasteiger partial charge is 0.0480 e. The zero-order chi connectivity index (χ0) is 15.3. The van der Waals surface area contributed by atoms with Gasteiger partial charge in [0.15, 0.2) is 0 Å². The molecule has 0 aromatic rings. The van der Waals surface area contributed by atoms with E-state index in [2.05, 4.69) is 38.0 Å². The molecule has 1 saturated heterocycles. The van der Waals surface area contributed by atoms with E-state index in [1.54, 1.807) is 0 Å². The van der Waals surface area contributed by atoms with Gasteiger partial charge in [0.2, 0.25) is 0 Å². The van der Waals surface area contributed by atoms with E-state index < -0.39 is 0 Å². The molecule has 0 aromatic carbocycles. The Labute approximate surface area is 131 Å². The van der Waals surface area contributed by atoms with Gasteiger partial charge in [0.25, 0.3) is 0 Å². The molecule has 2 rings (SSSR count). The Morgan fingerprint density at radius 1 is 1.19 bits per heavy atom. The van der Waals surface area contributed by atoms with Crippen molar-refractivity contribution in [1.82, 2.24) is 10.2 Å². The Bertz CT molecular complexity index is 300. The molecule has 1 aliphatic carbocycles. The molecule has 3 heteroatoms. The van der Waals surface area contributed by atoms with E-state index in [4.69, 9.17) is 4.74 Å². The predicted molar refractivity (Wildman–Crippen MR) is 89.7 cm³/mol. The van der Waals surface area contributed by atoms with Crippen LogP contribution < -0.4 is 5.32 Å². The third kappa shape index (κ3) is 5.22. The SMILES string of the molecule is CCCNC1CCC(C)(C)CC1CN(C)C1CCOCC1. The van der Waals surface area contributed by atoms with Gasteiger partial charge in [-0.05, 0) is 63.5 Å². The third-order valence-corrected chi connectivity index (χ3v) is 5.51. The minimum Gasteiger partial charge on any atom is -0.381 e. The zero-order valence-corrected chi connectivity index (χ0v) is 14.7. The van der Waals surface area contributed by atoms with Crippen molar-refractivity contribution in [2.45, 2.75) is 71.4 Å². The molecule has 3 nitrogen and oxygen atoms in total. The molecule has 0 spiro atoms. The second kappa shape index (κ2) is 7.94. The highest BCUT2D eigenvalue weighted by Gasteiger charge is 2.35. The predicted octanol–water partition coefficient (Wildman–Crippen LogP) is 3.29. The minimum atomic E-state index is 0.519. The van der Waals surface area contributed by atoms with Crippen molar-refractivity contribution in [2.24, 2.45) is 11.3 Å². The van der Waals surface area contributed by atoms with E-state index in [1.807, 2.05) is 0 Å². The van der Waals surface area contributed by atoms with Crippen molar-refractivity contribution < 1.29 is 4.74 Å². The van der Waals surface area contributed by atoms with Crippen LogP contribution in [0.1, 0.15) is 59.3 Å². The summed E-state index contributed by atoms with van der Waals surface area (Å²) in [5, 5.41) is 3.82. The van der Waals surface area contributed by atoms with Crippen molar-refractivity contribution in [3.05, 3.63) is 0 Å². The van der Waals surface area contributed by atoms with Gasteiger partial charge < -0.3 is 15.0 Å². The first kappa shape index (κ1) is 17.2. The first-order valence-electron chi connectivity index (χ1n) is 9.03. The summed E-state index contributed by atoms with van der Waals surface area (Å²) >= 11 is 0. The molecule has 1 aliphatic heterocycles. The van der Waals surface area contributed by atoms with Gasteiger partial charge in [-0.3, -0.25) is 0 Å². The van der Waals surface area contributed by atoms with Crippen molar-refractivity contribution >= 4 is 0 Å². The van der Waals surface area contributed by atoms with Gasteiger partial charge in [-0.15, -0.1) is 0 Å². The maximum absolute atomic E-state index is 5.51. The Morgan fingerprint density at radius 2 is 1.90 bits per heavy atom. The van der Waals surface area contributed by atoms with Crippen molar-refractivity contribution in [2.75, 3.05) is 33.4 Å². The molecule has 0 radical (unpaired) electrons. The van der Waals surface area contributed by atoms with Crippen LogP contribution >= 0.6 is 0 Å². The molecular formula is C18H36N2O. The molecule has 2 fully saturated rings. The summed E-state index contributed by atoms with van der Waals surface area (Å²) in [6.45, 7) is 11.5. The van der Waals surface area contributed by atoms with Gasteiger partial charge >= 0.3 is 0 Å². The molecule has 2 unspecified atom stereocenters. The number of nitrogens with zero attached hydrogens (tertiary/aromatic N) is 1. The molecule has 0 bridgehead atoms. The second-order valence-electron chi connectivity index (χ2n) is 8.01. The van der Waals surface area contributed by atoms with Gasteiger partial charge in [0.05, 0.1) is 0 Å². The Morgan fingerprint density at radius 3 is 2.57 bits per heavy atom. The van der Waals surface area contributed by atoms with Crippen LogP contribution in [0.2, 0.25) is 0 Å². The van der Waals surface area contributed by atoms with E-state index in [1.165, 1.54) is 51.6 Å². The lowest BCUT2D eigenvalue weighted by molar-refractivity contribution is 0.0264. The quantitative estimate of drug-likeness (QED) is 0.814. The second-order valence-corrected chi connectivity index (χ2v) is 8.01. The Balaban J connectivity index is 1.91. The summed E-state index contributed by atoms with van der Waals surface area (Å²) < 4.78 is 5.51. The van der Waals surface area contributed by atoms with Crippen LogP contribution in [0.5, 0.6) is 0 Å². The molecule has 1 heterocycles. The molecule has 2 atom stereocenters. The van der Waals surface area contributed by atoms with Gasteiger partial charge in [0.1, 0.15) is 0 Å².